The van der Waals surface area contributed by atoms with Gasteiger partial charge in [-0.25, -0.2) is 0 Å². The average molecular weight is 116 g/mol. The molecule has 1 rings (SSSR count). The molecule has 1 fully saturated rings. The van der Waals surface area contributed by atoms with Crippen molar-refractivity contribution in [3.8, 4) is 0 Å². The zero-order chi connectivity index (χ0) is 6.04. The number of hydrogen-bond donors (Lipinski definition) is 1. The molecule has 0 aromatic heterocycles. The summed E-state index contributed by atoms with van der Waals surface area (Å²) in [6.45, 7) is 7.42. The van der Waals surface area contributed by atoms with Crippen molar-refractivity contribution in [3.63, 3.8) is 0 Å². The fourth-order valence-electron chi connectivity index (χ4n) is 0.927. The van der Waals surface area contributed by atoms with Gasteiger partial charge in [-0.1, -0.05) is 13.8 Å². The van der Waals surface area contributed by atoms with Crippen LogP contribution in [-0.4, -0.2) is 19.9 Å². The van der Waals surface area contributed by atoms with Gasteiger partial charge in [0.1, 0.15) is 0 Å². The van der Waals surface area contributed by atoms with E-state index in [9.17, 15) is 0 Å². The van der Waals surface area contributed by atoms with Crippen molar-refractivity contribution < 1.29 is 10.1 Å². The van der Waals surface area contributed by atoms with Crippen LogP contribution in [0.5, 0.6) is 0 Å². The van der Waals surface area contributed by atoms with E-state index in [1.165, 1.54) is 6.54 Å². The largest absolute Gasteiger partial charge is 0.331 e. The van der Waals surface area contributed by atoms with E-state index in [0.717, 1.165) is 13.3 Å². The molecule has 0 radical (unpaired) electrons. The van der Waals surface area contributed by atoms with Crippen molar-refractivity contribution in [1.82, 2.24) is 0 Å². The molecule has 0 unspecified atom stereocenters. The van der Waals surface area contributed by atoms with Crippen molar-refractivity contribution in [2.24, 2.45) is 5.41 Å². The first-order valence-electron chi connectivity index (χ1n) is 3.10. The molecule has 0 spiro atoms. The second-order valence-corrected chi connectivity index (χ2v) is 3.17. The number of rotatable bonds is 0. The second-order valence-electron chi connectivity index (χ2n) is 3.17. The second kappa shape index (κ2) is 2.03. The van der Waals surface area contributed by atoms with Gasteiger partial charge in [0.25, 0.3) is 0 Å². The maximum atomic E-state index is 5.23. The van der Waals surface area contributed by atoms with E-state index in [0.29, 0.717) is 5.41 Å². The first kappa shape index (κ1) is 6.05. The smallest absolute Gasteiger partial charge is 0.180 e. The van der Waals surface area contributed by atoms with Crippen molar-refractivity contribution >= 4 is 0 Å². The molecule has 1 aliphatic rings. The monoisotopic (exact) mass is 116 g/mol. The van der Waals surface area contributed by atoms with Gasteiger partial charge in [-0.15, -0.1) is 0 Å². The normalized spacial score (nSPS) is 27.8. The van der Waals surface area contributed by atoms with Gasteiger partial charge in [0, 0.05) is 5.41 Å². The van der Waals surface area contributed by atoms with Crippen LogP contribution in [0.2, 0.25) is 0 Å². The van der Waals surface area contributed by atoms with Crippen LogP contribution in [-0.2, 0) is 4.74 Å². The zero-order valence-corrected chi connectivity index (χ0v) is 5.61. The van der Waals surface area contributed by atoms with Gasteiger partial charge in [0.05, 0.1) is 13.2 Å². The topological polar surface area (TPSA) is 25.8 Å². The highest BCUT2D eigenvalue weighted by molar-refractivity contribution is 4.65. The number of hydrogen-bond acceptors (Lipinski definition) is 1. The van der Waals surface area contributed by atoms with Gasteiger partial charge in [-0.2, -0.15) is 0 Å². The molecule has 2 N–H and O–H groups in total. The molecule has 2 nitrogen and oxygen atoms in total. The van der Waals surface area contributed by atoms with Crippen LogP contribution in [0.3, 0.4) is 0 Å². The summed E-state index contributed by atoms with van der Waals surface area (Å²) < 4.78 is 5.23. The third kappa shape index (κ3) is 1.46. The molecule has 0 bridgehead atoms. The maximum Gasteiger partial charge on any atom is 0.180 e. The Bertz CT molecular complexity index is 72.6. The quantitative estimate of drug-likeness (QED) is 0.456. The van der Waals surface area contributed by atoms with Gasteiger partial charge < -0.3 is 10.1 Å². The van der Waals surface area contributed by atoms with Gasteiger partial charge in [-0.3, -0.25) is 0 Å². The Morgan fingerprint density at radius 1 is 1.50 bits per heavy atom. The molecule has 0 aliphatic carbocycles. The maximum absolute atomic E-state index is 5.23. The summed E-state index contributed by atoms with van der Waals surface area (Å²) in [5, 5.41) is 2.20. The first-order valence-corrected chi connectivity index (χ1v) is 3.10. The Morgan fingerprint density at radius 2 is 2.25 bits per heavy atom. The SMILES string of the molecule is CC1(C)C[NH2+]COC1. The van der Waals surface area contributed by atoms with Crippen LogP contribution in [0.4, 0.5) is 0 Å². The number of nitrogens with two attached hydrogens (primary N) is 1. The lowest BCUT2D eigenvalue weighted by atomic mass is 9.94. The lowest BCUT2D eigenvalue weighted by molar-refractivity contribution is -0.712. The molecule has 2 heteroatoms. The van der Waals surface area contributed by atoms with E-state index in [1.54, 1.807) is 0 Å². The molecule has 1 saturated heterocycles. The van der Waals surface area contributed by atoms with E-state index in [-0.39, 0.29) is 0 Å². The molecule has 8 heavy (non-hydrogen) atoms. The Labute approximate surface area is 50.2 Å². The Balaban J connectivity index is 2.33. The van der Waals surface area contributed by atoms with Crippen LogP contribution >= 0.6 is 0 Å². The van der Waals surface area contributed by atoms with Crippen molar-refractivity contribution in [2.45, 2.75) is 13.8 Å². The van der Waals surface area contributed by atoms with Crippen molar-refractivity contribution in [2.75, 3.05) is 19.9 Å². The third-order valence-corrected chi connectivity index (χ3v) is 1.43. The first-order chi connectivity index (χ1) is 3.71. The minimum Gasteiger partial charge on any atom is -0.331 e. The van der Waals surface area contributed by atoms with Crippen LogP contribution in [0, 0.1) is 5.41 Å². The molecular weight excluding hydrogens is 102 g/mol. The molecule has 48 valence electrons. The minimum absolute atomic E-state index is 0.401. The molecule has 1 heterocycles. The Kier molecular flexibility index (Phi) is 1.54. The van der Waals surface area contributed by atoms with Crippen molar-refractivity contribution in [3.05, 3.63) is 0 Å². The predicted octanol–water partition coefficient (Wildman–Crippen LogP) is -0.436. The Hall–Kier alpha value is -0.0800. The van der Waals surface area contributed by atoms with Gasteiger partial charge in [0.15, 0.2) is 6.73 Å². The summed E-state index contributed by atoms with van der Waals surface area (Å²) in [4.78, 5) is 0. The van der Waals surface area contributed by atoms with Crippen LogP contribution in [0.25, 0.3) is 0 Å². The van der Waals surface area contributed by atoms with Gasteiger partial charge in [0.2, 0.25) is 0 Å². The molecule has 0 saturated carbocycles. The Morgan fingerprint density at radius 3 is 2.50 bits per heavy atom. The summed E-state index contributed by atoms with van der Waals surface area (Å²) >= 11 is 0. The number of ether oxygens (including phenoxy) is 1. The van der Waals surface area contributed by atoms with E-state index in [4.69, 9.17) is 4.74 Å². The highest BCUT2D eigenvalue weighted by Gasteiger charge is 2.23. The molecule has 1 aliphatic heterocycles. The number of quaternary nitrogens is 1. The van der Waals surface area contributed by atoms with Crippen molar-refractivity contribution in [1.29, 1.82) is 0 Å². The van der Waals surface area contributed by atoms with E-state index in [1.807, 2.05) is 0 Å². The van der Waals surface area contributed by atoms with E-state index >= 15 is 0 Å². The third-order valence-electron chi connectivity index (χ3n) is 1.43. The van der Waals surface area contributed by atoms with Crippen LogP contribution < -0.4 is 5.32 Å². The standard InChI is InChI=1S/C6H13NO/c1-6(2)3-7-5-8-4-6/h7H,3-5H2,1-2H3/p+1. The zero-order valence-electron chi connectivity index (χ0n) is 5.61. The molecule has 0 aromatic carbocycles. The highest BCUT2D eigenvalue weighted by Crippen LogP contribution is 2.12. The van der Waals surface area contributed by atoms with Gasteiger partial charge in [-0.05, 0) is 0 Å². The summed E-state index contributed by atoms with van der Waals surface area (Å²) in [7, 11) is 0. The van der Waals surface area contributed by atoms with Crippen LogP contribution in [0.1, 0.15) is 13.8 Å². The van der Waals surface area contributed by atoms with Gasteiger partial charge >= 0.3 is 0 Å². The molecule has 0 aromatic rings. The lowest BCUT2D eigenvalue weighted by Crippen LogP contribution is -2.89. The summed E-state index contributed by atoms with van der Waals surface area (Å²) in [5.41, 5.74) is 0.401. The molecular formula is C6H14NO+. The summed E-state index contributed by atoms with van der Waals surface area (Å²) in [6, 6.07) is 0. The summed E-state index contributed by atoms with van der Waals surface area (Å²) in [6.07, 6.45) is 0. The van der Waals surface area contributed by atoms with Crippen LogP contribution in [0.15, 0.2) is 0 Å². The molecule has 0 atom stereocenters. The summed E-state index contributed by atoms with van der Waals surface area (Å²) in [5.74, 6) is 0. The predicted molar refractivity (Wildman–Crippen MR) is 31.4 cm³/mol. The molecule has 0 amide bonds. The lowest BCUT2D eigenvalue weighted by Gasteiger charge is -2.26. The van der Waals surface area contributed by atoms with E-state index < -0.39 is 0 Å². The highest BCUT2D eigenvalue weighted by atomic mass is 16.5. The minimum atomic E-state index is 0.401. The fraction of sp³-hybridized carbons (Fsp3) is 1.00. The fourth-order valence-corrected chi connectivity index (χ4v) is 0.927. The van der Waals surface area contributed by atoms with E-state index in [2.05, 4.69) is 19.2 Å². The average Bonchev–Trinajstić information content (AvgIpc) is 1.65.